The van der Waals surface area contributed by atoms with Crippen LogP contribution in [0.5, 0.6) is 0 Å². The molecule has 4 rings (SSSR count). The molecule has 1 N–H and O–H groups in total. The van der Waals surface area contributed by atoms with Crippen molar-refractivity contribution >= 4 is 11.6 Å². The van der Waals surface area contributed by atoms with Crippen LogP contribution in [-0.2, 0) is 11.8 Å². The van der Waals surface area contributed by atoms with Gasteiger partial charge in [0.25, 0.3) is 0 Å². The molecule has 1 saturated heterocycles. The lowest BCUT2D eigenvalue weighted by Gasteiger charge is -2.31. The van der Waals surface area contributed by atoms with Gasteiger partial charge in [0.15, 0.2) is 0 Å². The highest BCUT2D eigenvalue weighted by Crippen LogP contribution is 2.27. The molecule has 1 amide bonds. The fraction of sp³-hybridized carbons (Fsp3) is 0.375. The molecule has 0 bridgehead atoms. The minimum atomic E-state index is -0.128. The van der Waals surface area contributed by atoms with E-state index < -0.39 is 0 Å². The summed E-state index contributed by atoms with van der Waals surface area (Å²) in [5.74, 6) is 0.996. The summed E-state index contributed by atoms with van der Waals surface area (Å²) < 4.78 is 3.12. The number of para-hydroxylation sites is 1. The zero-order valence-electron chi connectivity index (χ0n) is 18.3. The number of amides is 1. The van der Waals surface area contributed by atoms with Gasteiger partial charge in [0.1, 0.15) is 5.82 Å². The SMILES string of the molecule is Cc1ccc(NC(=O)CN2CCC(c3nn(C)c(=O)n3-c3ccccc3)CC2)c(C)c1. The first-order valence-electron chi connectivity index (χ1n) is 10.7. The predicted octanol–water partition coefficient (Wildman–Crippen LogP) is 3.01. The van der Waals surface area contributed by atoms with Crippen LogP contribution in [-0.4, -0.2) is 44.8 Å². The van der Waals surface area contributed by atoms with Crippen LogP contribution >= 0.6 is 0 Å². The van der Waals surface area contributed by atoms with E-state index in [0.717, 1.165) is 48.7 Å². The summed E-state index contributed by atoms with van der Waals surface area (Å²) in [5.41, 5.74) is 3.83. The molecular formula is C24H29N5O2. The van der Waals surface area contributed by atoms with E-state index in [0.29, 0.717) is 6.54 Å². The van der Waals surface area contributed by atoms with Crippen LogP contribution in [0.4, 0.5) is 5.69 Å². The normalized spacial score (nSPS) is 15.2. The molecule has 1 fully saturated rings. The number of nitrogens with zero attached hydrogens (tertiary/aromatic N) is 4. The number of anilines is 1. The number of carbonyl (C=O) groups is 1. The van der Waals surface area contributed by atoms with Gasteiger partial charge in [-0.1, -0.05) is 35.9 Å². The fourth-order valence-corrected chi connectivity index (χ4v) is 4.26. The Bertz CT molecular complexity index is 1120. The summed E-state index contributed by atoms with van der Waals surface area (Å²) in [6.45, 7) is 6.01. The van der Waals surface area contributed by atoms with Crippen molar-refractivity contribution in [3.8, 4) is 5.69 Å². The number of aromatic nitrogens is 3. The van der Waals surface area contributed by atoms with Gasteiger partial charge in [-0.2, -0.15) is 5.10 Å². The Balaban J connectivity index is 1.40. The minimum absolute atomic E-state index is 0.00410. The van der Waals surface area contributed by atoms with E-state index in [2.05, 4.69) is 21.4 Å². The molecule has 1 aliphatic rings. The molecular weight excluding hydrogens is 390 g/mol. The zero-order chi connectivity index (χ0) is 22.0. The fourth-order valence-electron chi connectivity index (χ4n) is 4.26. The first-order chi connectivity index (χ1) is 14.9. The van der Waals surface area contributed by atoms with Crippen LogP contribution in [0.1, 0.15) is 35.7 Å². The maximum atomic E-state index is 12.7. The molecule has 0 radical (unpaired) electrons. The second-order valence-corrected chi connectivity index (χ2v) is 8.35. The number of rotatable bonds is 5. The lowest BCUT2D eigenvalue weighted by Crippen LogP contribution is -2.39. The molecule has 1 aromatic heterocycles. The van der Waals surface area contributed by atoms with Gasteiger partial charge < -0.3 is 5.32 Å². The molecule has 0 unspecified atom stereocenters. The van der Waals surface area contributed by atoms with Gasteiger partial charge in [-0.05, 0) is 63.5 Å². The van der Waals surface area contributed by atoms with Crippen molar-refractivity contribution in [1.82, 2.24) is 19.2 Å². The summed E-state index contributed by atoms with van der Waals surface area (Å²) in [6.07, 6.45) is 1.72. The number of hydrogen-bond acceptors (Lipinski definition) is 4. The van der Waals surface area contributed by atoms with Gasteiger partial charge in [0.05, 0.1) is 12.2 Å². The molecule has 31 heavy (non-hydrogen) atoms. The number of carbonyl (C=O) groups excluding carboxylic acids is 1. The van der Waals surface area contributed by atoms with Crippen LogP contribution in [0, 0.1) is 13.8 Å². The van der Waals surface area contributed by atoms with Gasteiger partial charge in [-0.15, -0.1) is 0 Å². The van der Waals surface area contributed by atoms with Crippen molar-refractivity contribution in [2.75, 3.05) is 25.0 Å². The van der Waals surface area contributed by atoms with Crippen molar-refractivity contribution in [2.45, 2.75) is 32.6 Å². The van der Waals surface area contributed by atoms with Crippen molar-refractivity contribution in [3.05, 3.63) is 76.0 Å². The third-order valence-corrected chi connectivity index (χ3v) is 5.94. The topological polar surface area (TPSA) is 72.2 Å². The Morgan fingerprint density at radius 2 is 1.81 bits per heavy atom. The Labute approximate surface area is 182 Å². The van der Waals surface area contributed by atoms with E-state index in [4.69, 9.17) is 0 Å². The Kier molecular flexibility index (Phi) is 6.04. The van der Waals surface area contributed by atoms with E-state index >= 15 is 0 Å². The number of hydrogen-bond donors (Lipinski definition) is 1. The number of aryl methyl sites for hydroxylation is 3. The third-order valence-electron chi connectivity index (χ3n) is 5.94. The average Bonchev–Trinajstić information content (AvgIpc) is 3.06. The van der Waals surface area contributed by atoms with Crippen LogP contribution in [0.3, 0.4) is 0 Å². The second-order valence-electron chi connectivity index (χ2n) is 8.35. The van der Waals surface area contributed by atoms with Crippen LogP contribution in [0.15, 0.2) is 53.3 Å². The molecule has 7 heteroatoms. The number of piperidine rings is 1. The van der Waals surface area contributed by atoms with Crippen LogP contribution < -0.4 is 11.0 Å². The first kappa shape index (κ1) is 21.1. The molecule has 7 nitrogen and oxygen atoms in total. The largest absolute Gasteiger partial charge is 0.350 e. The highest BCUT2D eigenvalue weighted by atomic mass is 16.2. The standard InChI is InChI=1S/C24H29N5O2/c1-17-9-10-21(18(2)15-17)25-22(30)16-28-13-11-19(12-14-28)23-26-27(3)24(31)29(23)20-7-5-4-6-8-20/h4-10,15,19H,11-14,16H2,1-3H3,(H,25,30). The summed E-state index contributed by atoms with van der Waals surface area (Å²) in [7, 11) is 1.69. The van der Waals surface area contributed by atoms with E-state index in [1.165, 1.54) is 10.2 Å². The summed E-state index contributed by atoms with van der Waals surface area (Å²) in [5, 5.41) is 7.57. The number of likely N-dealkylation sites (tertiary alicyclic amines) is 1. The van der Waals surface area contributed by atoms with Crippen LogP contribution in [0.25, 0.3) is 5.69 Å². The van der Waals surface area contributed by atoms with E-state index in [-0.39, 0.29) is 17.5 Å². The monoisotopic (exact) mass is 419 g/mol. The highest BCUT2D eigenvalue weighted by Gasteiger charge is 2.27. The number of nitrogens with one attached hydrogen (secondary N) is 1. The predicted molar refractivity (Wildman–Crippen MR) is 122 cm³/mol. The zero-order valence-corrected chi connectivity index (χ0v) is 18.3. The molecule has 0 spiro atoms. The van der Waals surface area contributed by atoms with Crippen molar-refractivity contribution in [2.24, 2.45) is 7.05 Å². The number of benzene rings is 2. The summed E-state index contributed by atoms with van der Waals surface area (Å²) in [6, 6.07) is 15.7. The van der Waals surface area contributed by atoms with E-state index in [1.807, 2.05) is 56.3 Å². The molecule has 1 aliphatic heterocycles. The smallest absolute Gasteiger partial charge is 0.325 e. The lowest BCUT2D eigenvalue weighted by atomic mass is 9.95. The van der Waals surface area contributed by atoms with Crippen molar-refractivity contribution < 1.29 is 4.79 Å². The molecule has 3 aromatic rings. The van der Waals surface area contributed by atoms with Gasteiger partial charge in [0, 0.05) is 18.7 Å². The molecule has 162 valence electrons. The molecule has 0 saturated carbocycles. The van der Waals surface area contributed by atoms with E-state index in [9.17, 15) is 9.59 Å². The molecule has 2 heterocycles. The van der Waals surface area contributed by atoms with Crippen LogP contribution in [0.2, 0.25) is 0 Å². The molecule has 2 aromatic carbocycles. The Morgan fingerprint density at radius 1 is 1.10 bits per heavy atom. The lowest BCUT2D eigenvalue weighted by molar-refractivity contribution is -0.117. The van der Waals surface area contributed by atoms with Gasteiger partial charge in [-0.25, -0.2) is 14.0 Å². The van der Waals surface area contributed by atoms with Crippen molar-refractivity contribution in [1.29, 1.82) is 0 Å². The maximum absolute atomic E-state index is 12.7. The quantitative estimate of drug-likeness (QED) is 0.690. The summed E-state index contributed by atoms with van der Waals surface area (Å²) in [4.78, 5) is 27.4. The Hall–Kier alpha value is -3.19. The average molecular weight is 420 g/mol. The minimum Gasteiger partial charge on any atom is -0.325 e. The summed E-state index contributed by atoms with van der Waals surface area (Å²) >= 11 is 0. The maximum Gasteiger partial charge on any atom is 0.350 e. The molecule has 0 atom stereocenters. The highest BCUT2D eigenvalue weighted by molar-refractivity contribution is 5.93. The Morgan fingerprint density at radius 3 is 2.48 bits per heavy atom. The molecule has 0 aliphatic carbocycles. The second kappa shape index (κ2) is 8.89. The van der Waals surface area contributed by atoms with Crippen molar-refractivity contribution in [3.63, 3.8) is 0 Å². The van der Waals surface area contributed by atoms with Gasteiger partial charge in [-0.3, -0.25) is 9.69 Å². The first-order valence-corrected chi connectivity index (χ1v) is 10.7. The van der Waals surface area contributed by atoms with Gasteiger partial charge in [0.2, 0.25) is 5.91 Å². The third kappa shape index (κ3) is 4.61. The van der Waals surface area contributed by atoms with E-state index in [1.54, 1.807) is 11.6 Å². The van der Waals surface area contributed by atoms with Gasteiger partial charge >= 0.3 is 5.69 Å².